The van der Waals surface area contributed by atoms with E-state index in [0.29, 0.717) is 16.3 Å². The lowest BCUT2D eigenvalue weighted by Crippen LogP contribution is -2.13. The van der Waals surface area contributed by atoms with Gasteiger partial charge >= 0.3 is 5.97 Å². The fraction of sp³-hybridized carbons (Fsp3) is 0.316. The predicted octanol–water partition coefficient (Wildman–Crippen LogP) is 5.47. The summed E-state index contributed by atoms with van der Waals surface area (Å²) in [5.41, 5.74) is 3.58. The standard InChI is InChI=1S/C19H21ClO2/c1-12-10-16(11-13(2)17(12)20)22-18(21)14-6-8-15(9-7-14)19(3,4)5/h6-11H,1-5H3. The number of ether oxygens (including phenoxy) is 1. The Morgan fingerprint density at radius 1 is 1.00 bits per heavy atom. The Morgan fingerprint density at radius 2 is 1.50 bits per heavy atom. The van der Waals surface area contributed by atoms with Crippen molar-refractivity contribution in [2.45, 2.75) is 40.0 Å². The minimum atomic E-state index is -0.360. The second kappa shape index (κ2) is 6.13. The van der Waals surface area contributed by atoms with E-state index in [4.69, 9.17) is 16.3 Å². The molecule has 0 N–H and O–H groups in total. The van der Waals surface area contributed by atoms with E-state index >= 15 is 0 Å². The van der Waals surface area contributed by atoms with Gasteiger partial charge in [0.15, 0.2) is 0 Å². The maximum absolute atomic E-state index is 12.2. The van der Waals surface area contributed by atoms with Gasteiger partial charge in [-0.3, -0.25) is 0 Å². The molecule has 0 fully saturated rings. The number of halogens is 1. The van der Waals surface area contributed by atoms with Gasteiger partial charge < -0.3 is 4.74 Å². The summed E-state index contributed by atoms with van der Waals surface area (Å²) in [6, 6.07) is 11.1. The Hall–Kier alpha value is -1.80. The lowest BCUT2D eigenvalue weighted by atomic mass is 9.87. The zero-order valence-electron chi connectivity index (χ0n) is 13.7. The van der Waals surface area contributed by atoms with Crippen LogP contribution in [0.2, 0.25) is 5.02 Å². The van der Waals surface area contributed by atoms with Crippen LogP contribution in [0.5, 0.6) is 5.75 Å². The van der Waals surface area contributed by atoms with Crippen molar-refractivity contribution in [1.29, 1.82) is 0 Å². The molecule has 0 radical (unpaired) electrons. The van der Waals surface area contributed by atoms with Gasteiger partial charge in [-0.2, -0.15) is 0 Å². The van der Waals surface area contributed by atoms with Crippen molar-refractivity contribution in [3.05, 3.63) is 63.7 Å². The molecule has 0 saturated carbocycles. The fourth-order valence-electron chi connectivity index (χ4n) is 2.24. The lowest BCUT2D eigenvalue weighted by Gasteiger charge is -2.19. The smallest absolute Gasteiger partial charge is 0.343 e. The first-order valence-corrected chi connectivity index (χ1v) is 7.66. The van der Waals surface area contributed by atoms with E-state index in [0.717, 1.165) is 11.1 Å². The summed E-state index contributed by atoms with van der Waals surface area (Å²) in [5, 5.41) is 0.703. The summed E-state index contributed by atoms with van der Waals surface area (Å²) in [6.45, 7) is 10.2. The number of benzene rings is 2. The largest absolute Gasteiger partial charge is 0.423 e. The Morgan fingerprint density at radius 3 is 1.95 bits per heavy atom. The summed E-state index contributed by atoms with van der Waals surface area (Å²) >= 11 is 6.12. The van der Waals surface area contributed by atoms with Crippen molar-refractivity contribution in [2.24, 2.45) is 0 Å². The third kappa shape index (κ3) is 3.69. The van der Waals surface area contributed by atoms with Crippen LogP contribution in [0, 0.1) is 13.8 Å². The molecule has 0 aliphatic rings. The molecule has 2 nitrogen and oxygen atoms in total. The Balaban J connectivity index is 2.19. The second-order valence-electron chi connectivity index (χ2n) is 6.59. The number of carbonyl (C=O) groups excluding carboxylic acids is 1. The Kier molecular flexibility index (Phi) is 4.62. The molecule has 0 aromatic heterocycles. The highest BCUT2D eigenvalue weighted by Gasteiger charge is 2.15. The van der Waals surface area contributed by atoms with Crippen molar-refractivity contribution in [3.63, 3.8) is 0 Å². The molecule has 0 spiro atoms. The third-order valence-electron chi connectivity index (χ3n) is 3.61. The van der Waals surface area contributed by atoms with Gasteiger partial charge in [-0.05, 0) is 60.2 Å². The monoisotopic (exact) mass is 316 g/mol. The molecule has 2 aromatic rings. The molecule has 0 saturated heterocycles. The number of aryl methyl sites for hydroxylation is 2. The molecule has 0 bridgehead atoms. The lowest BCUT2D eigenvalue weighted by molar-refractivity contribution is 0.0734. The van der Waals surface area contributed by atoms with Crippen LogP contribution in [0.3, 0.4) is 0 Å². The first-order chi connectivity index (χ1) is 10.2. The number of hydrogen-bond acceptors (Lipinski definition) is 2. The van der Waals surface area contributed by atoms with Gasteiger partial charge in [0.05, 0.1) is 5.56 Å². The van der Waals surface area contributed by atoms with Crippen LogP contribution in [0.25, 0.3) is 0 Å². The summed E-state index contributed by atoms with van der Waals surface area (Å²) in [6.07, 6.45) is 0. The van der Waals surface area contributed by atoms with Gasteiger partial charge in [-0.1, -0.05) is 44.5 Å². The number of esters is 1. The third-order valence-corrected chi connectivity index (χ3v) is 4.20. The molecule has 0 atom stereocenters. The maximum Gasteiger partial charge on any atom is 0.343 e. The molecular formula is C19H21ClO2. The molecule has 116 valence electrons. The van der Waals surface area contributed by atoms with E-state index in [1.807, 2.05) is 26.0 Å². The van der Waals surface area contributed by atoms with Gasteiger partial charge in [0.2, 0.25) is 0 Å². The number of hydrogen-bond donors (Lipinski definition) is 0. The Labute approximate surface area is 137 Å². The van der Waals surface area contributed by atoms with Gasteiger partial charge in [-0.15, -0.1) is 0 Å². The molecule has 22 heavy (non-hydrogen) atoms. The summed E-state index contributed by atoms with van der Waals surface area (Å²) in [7, 11) is 0. The van der Waals surface area contributed by atoms with Crippen LogP contribution in [-0.2, 0) is 5.41 Å². The zero-order valence-corrected chi connectivity index (χ0v) is 14.4. The first-order valence-electron chi connectivity index (χ1n) is 7.28. The minimum Gasteiger partial charge on any atom is -0.423 e. The van der Waals surface area contributed by atoms with Crippen molar-refractivity contribution in [2.75, 3.05) is 0 Å². The summed E-state index contributed by atoms with van der Waals surface area (Å²) in [4.78, 5) is 12.2. The second-order valence-corrected chi connectivity index (χ2v) is 6.97. The highest BCUT2D eigenvalue weighted by molar-refractivity contribution is 6.32. The molecule has 0 unspecified atom stereocenters. The average molecular weight is 317 g/mol. The Bertz CT molecular complexity index is 671. The summed E-state index contributed by atoms with van der Waals surface area (Å²) in [5.74, 6) is 0.158. The topological polar surface area (TPSA) is 26.3 Å². The van der Waals surface area contributed by atoms with Crippen LogP contribution in [0.15, 0.2) is 36.4 Å². The SMILES string of the molecule is Cc1cc(OC(=O)c2ccc(C(C)(C)C)cc2)cc(C)c1Cl. The van der Waals surface area contributed by atoms with Gasteiger partial charge in [0.25, 0.3) is 0 Å². The summed E-state index contributed by atoms with van der Waals surface area (Å²) < 4.78 is 5.44. The van der Waals surface area contributed by atoms with E-state index < -0.39 is 0 Å². The molecular weight excluding hydrogens is 296 g/mol. The molecule has 0 heterocycles. The molecule has 0 amide bonds. The van der Waals surface area contributed by atoms with Crippen LogP contribution < -0.4 is 4.74 Å². The van der Waals surface area contributed by atoms with Crippen LogP contribution in [0.4, 0.5) is 0 Å². The highest BCUT2D eigenvalue weighted by Crippen LogP contribution is 2.27. The molecule has 0 aliphatic heterocycles. The van der Waals surface area contributed by atoms with Gasteiger partial charge in [0, 0.05) is 5.02 Å². The number of carbonyl (C=O) groups is 1. The van der Waals surface area contributed by atoms with E-state index in [-0.39, 0.29) is 11.4 Å². The predicted molar refractivity (Wildman–Crippen MR) is 91.0 cm³/mol. The maximum atomic E-state index is 12.2. The van der Waals surface area contributed by atoms with Crippen LogP contribution in [-0.4, -0.2) is 5.97 Å². The molecule has 2 rings (SSSR count). The van der Waals surface area contributed by atoms with Gasteiger partial charge in [-0.25, -0.2) is 4.79 Å². The van der Waals surface area contributed by atoms with E-state index in [2.05, 4.69) is 20.8 Å². The number of rotatable bonds is 2. The highest BCUT2D eigenvalue weighted by atomic mass is 35.5. The quantitative estimate of drug-likeness (QED) is 0.542. The fourth-order valence-corrected chi connectivity index (χ4v) is 2.35. The van der Waals surface area contributed by atoms with Crippen molar-refractivity contribution >= 4 is 17.6 Å². The molecule has 3 heteroatoms. The van der Waals surface area contributed by atoms with Crippen molar-refractivity contribution in [3.8, 4) is 5.75 Å². The normalized spacial score (nSPS) is 11.4. The van der Waals surface area contributed by atoms with Crippen LogP contribution >= 0.6 is 11.6 Å². The van der Waals surface area contributed by atoms with E-state index in [9.17, 15) is 4.79 Å². The van der Waals surface area contributed by atoms with Gasteiger partial charge in [0.1, 0.15) is 5.75 Å². The zero-order chi connectivity index (χ0) is 16.5. The minimum absolute atomic E-state index is 0.0623. The van der Waals surface area contributed by atoms with E-state index in [1.54, 1.807) is 24.3 Å². The van der Waals surface area contributed by atoms with E-state index in [1.165, 1.54) is 5.56 Å². The van der Waals surface area contributed by atoms with Crippen molar-refractivity contribution in [1.82, 2.24) is 0 Å². The van der Waals surface area contributed by atoms with Crippen LogP contribution in [0.1, 0.15) is 47.8 Å². The first kappa shape index (κ1) is 16.6. The molecule has 0 aliphatic carbocycles. The average Bonchev–Trinajstić information content (AvgIpc) is 2.44. The molecule has 2 aromatic carbocycles. The van der Waals surface area contributed by atoms with Crippen molar-refractivity contribution < 1.29 is 9.53 Å².